The van der Waals surface area contributed by atoms with E-state index in [2.05, 4.69) is 17.4 Å². The van der Waals surface area contributed by atoms with Crippen molar-refractivity contribution in [1.29, 1.82) is 0 Å². The Morgan fingerprint density at radius 1 is 0.839 bits per heavy atom. The Hall–Kier alpha value is -3.19. The van der Waals surface area contributed by atoms with Gasteiger partial charge in [-0.05, 0) is 46.2 Å². The van der Waals surface area contributed by atoms with E-state index in [0.717, 1.165) is 27.6 Å². The molecule has 1 unspecified atom stereocenters. The zero-order valence-electron chi connectivity index (χ0n) is 17.3. The number of sulfonamides is 1. The fourth-order valence-electron chi connectivity index (χ4n) is 3.61. The van der Waals surface area contributed by atoms with E-state index in [1.165, 1.54) is 4.31 Å². The largest absolute Gasteiger partial charge is 0.366 e. The van der Waals surface area contributed by atoms with E-state index >= 15 is 0 Å². The van der Waals surface area contributed by atoms with Crippen molar-refractivity contribution >= 4 is 26.5 Å². The lowest BCUT2D eigenvalue weighted by Crippen LogP contribution is -2.26. The molecule has 0 bridgehead atoms. The minimum absolute atomic E-state index is 0.246. The molecule has 0 fully saturated rings. The standard InChI is InChI=1S/C25H25N3O2S/c1-28(18-19-8-3-2-4-9-19)31(29,30)22-16-14-21(15-17-22)27-25(26)24-13-7-11-20-10-5-6-12-23(20)24/h2-17,25,27H,18,26H2,1H3. The summed E-state index contributed by atoms with van der Waals surface area (Å²) in [7, 11) is -2.00. The van der Waals surface area contributed by atoms with Crippen LogP contribution in [-0.2, 0) is 16.6 Å². The van der Waals surface area contributed by atoms with Gasteiger partial charge in [-0.25, -0.2) is 8.42 Å². The third-order valence-electron chi connectivity index (χ3n) is 5.29. The number of fused-ring (bicyclic) bond motifs is 1. The topological polar surface area (TPSA) is 75.4 Å². The van der Waals surface area contributed by atoms with E-state index < -0.39 is 16.2 Å². The molecule has 1 atom stereocenters. The number of rotatable bonds is 7. The minimum atomic E-state index is -3.59. The van der Waals surface area contributed by atoms with Gasteiger partial charge in [0.25, 0.3) is 0 Å². The first-order valence-corrected chi connectivity index (χ1v) is 11.5. The molecule has 0 aliphatic carbocycles. The number of nitrogens with one attached hydrogen (secondary N) is 1. The molecule has 0 aliphatic rings. The molecule has 4 aromatic carbocycles. The number of anilines is 1. The average Bonchev–Trinajstić information content (AvgIpc) is 2.79. The molecule has 0 spiro atoms. The first kappa shape index (κ1) is 21.1. The van der Waals surface area contributed by atoms with Gasteiger partial charge in [0.05, 0.1) is 4.90 Å². The summed E-state index contributed by atoms with van der Waals surface area (Å²) in [5.74, 6) is 0. The van der Waals surface area contributed by atoms with Gasteiger partial charge in [-0.15, -0.1) is 0 Å². The molecule has 31 heavy (non-hydrogen) atoms. The lowest BCUT2D eigenvalue weighted by atomic mass is 10.0. The second kappa shape index (κ2) is 8.89. The highest BCUT2D eigenvalue weighted by atomic mass is 32.2. The fraction of sp³-hybridized carbons (Fsp3) is 0.120. The maximum Gasteiger partial charge on any atom is 0.243 e. The summed E-state index contributed by atoms with van der Waals surface area (Å²) in [6.45, 7) is 0.315. The molecule has 0 aliphatic heterocycles. The van der Waals surface area contributed by atoms with Crippen LogP contribution >= 0.6 is 0 Å². The van der Waals surface area contributed by atoms with Gasteiger partial charge in [0.1, 0.15) is 6.17 Å². The molecule has 158 valence electrons. The first-order valence-electron chi connectivity index (χ1n) is 10.1. The summed E-state index contributed by atoms with van der Waals surface area (Å²) in [4.78, 5) is 0.246. The lowest BCUT2D eigenvalue weighted by Gasteiger charge is -2.19. The summed E-state index contributed by atoms with van der Waals surface area (Å²) in [5, 5.41) is 5.48. The third-order valence-corrected chi connectivity index (χ3v) is 7.11. The predicted molar refractivity (Wildman–Crippen MR) is 126 cm³/mol. The van der Waals surface area contributed by atoms with E-state index in [0.29, 0.717) is 6.54 Å². The van der Waals surface area contributed by atoms with Crippen molar-refractivity contribution < 1.29 is 8.42 Å². The highest BCUT2D eigenvalue weighted by Crippen LogP contribution is 2.25. The van der Waals surface area contributed by atoms with Crippen molar-refractivity contribution in [2.75, 3.05) is 12.4 Å². The van der Waals surface area contributed by atoms with Crippen LogP contribution in [0.5, 0.6) is 0 Å². The van der Waals surface area contributed by atoms with Crippen LogP contribution in [0.1, 0.15) is 17.3 Å². The lowest BCUT2D eigenvalue weighted by molar-refractivity contribution is 0.467. The zero-order valence-corrected chi connectivity index (χ0v) is 18.1. The Kier molecular flexibility index (Phi) is 6.04. The molecule has 0 saturated carbocycles. The predicted octanol–water partition coefficient (Wildman–Crippen LogP) is 4.73. The van der Waals surface area contributed by atoms with Gasteiger partial charge in [0.15, 0.2) is 0 Å². The Bertz CT molecular complexity index is 1270. The van der Waals surface area contributed by atoms with Gasteiger partial charge in [0, 0.05) is 19.3 Å². The van der Waals surface area contributed by atoms with Crippen molar-refractivity contribution in [3.63, 3.8) is 0 Å². The zero-order chi connectivity index (χ0) is 21.8. The van der Waals surface area contributed by atoms with Crippen LogP contribution < -0.4 is 11.1 Å². The highest BCUT2D eigenvalue weighted by Gasteiger charge is 2.21. The maximum absolute atomic E-state index is 12.9. The van der Waals surface area contributed by atoms with Crippen molar-refractivity contribution in [2.24, 2.45) is 5.73 Å². The quantitative estimate of drug-likeness (QED) is 0.415. The number of hydrogen-bond acceptors (Lipinski definition) is 4. The van der Waals surface area contributed by atoms with Crippen LogP contribution in [0.3, 0.4) is 0 Å². The molecule has 0 heterocycles. The van der Waals surface area contributed by atoms with Crippen LogP contribution in [0.4, 0.5) is 5.69 Å². The normalized spacial score (nSPS) is 12.7. The van der Waals surface area contributed by atoms with Crippen LogP contribution in [0, 0.1) is 0 Å². The average molecular weight is 432 g/mol. The van der Waals surface area contributed by atoms with E-state index in [-0.39, 0.29) is 4.90 Å². The van der Waals surface area contributed by atoms with E-state index in [1.807, 2.05) is 60.7 Å². The fourth-order valence-corrected chi connectivity index (χ4v) is 4.77. The number of benzene rings is 4. The SMILES string of the molecule is CN(Cc1ccccc1)S(=O)(=O)c1ccc(NC(N)c2cccc3ccccc23)cc1. The summed E-state index contributed by atoms with van der Waals surface area (Å²) in [6, 6.07) is 30.3. The molecule has 0 aromatic heterocycles. The maximum atomic E-state index is 12.9. The number of hydrogen-bond donors (Lipinski definition) is 2. The summed E-state index contributed by atoms with van der Waals surface area (Å²) < 4.78 is 27.2. The van der Waals surface area contributed by atoms with Crippen molar-refractivity contribution in [1.82, 2.24) is 4.31 Å². The second-order valence-corrected chi connectivity index (χ2v) is 9.51. The summed E-state index contributed by atoms with van der Waals surface area (Å²) in [5.41, 5.74) is 9.09. The monoisotopic (exact) mass is 431 g/mol. The van der Waals surface area contributed by atoms with E-state index in [9.17, 15) is 8.42 Å². The molecule has 6 heteroatoms. The second-order valence-electron chi connectivity index (χ2n) is 7.46. The molecule has 3 N–H and O–H groups in total. The van der Waals surface area contributed by atoms with Crippen molar-refractivity contribution in [3.05, 3.63) is 108 Å². The molecule has 5 nitrogen and oxygen atoms in total. The van der Waals surface area contributed by atoms with Crippen molar-refractivity contribution in [3.8, 4) is 0 Å². The third kappa shape index (κ3) is 4.61. The van der Waals surface area contributed by atoms with Gasteiger partial charge in [-0.3, -0.25) is 0 Å². The Morgan fingerprint density at radius 3 is 2.23 bits per heavy atom. The van der Waals surface area contributed by atoms with Crippen LogP contribution in [0.25, 0.3) is 10.8 Å². The Balaban J connectivity index is 1.50. The van der Waals surface area contributed by atoms with E-state index in [4.69, 9.17) is 5.73 Å². The first-order chi connectivity index (χ1) is 14.9. The van der Waals surface area contributed by atoms with Crippen LogP contribution in [0.2, 0.25) is 0 Å². The smallest absolute Gasteiger partial charge is 0.243 e. The van der Waals surface area contributed by atoms with Crippen LogP contribution in [0.15, 0.2) is 102 Å². The molecule has 0 radical (unpaired) electrons. The van der Waals surface area contributed by atoms with Gasteiger partial charge in [-0.1, -0.05) is 72.8 Å². The highest BCUT2D eigenvalue weighted by molar-refractivity contribution is 7.89. The molecular weight excluding hydrogens is 406 g/mol. The number of nitrogens with two attached hydrogens (primary N) is 1. The van der Waals surface area contributed by atoms with E-state index in [1.54, 1.807) is 31.3 Å². The molecule has 0 saturated heterocycles. The summed E-state index contributed by atoms with van der Waals surface area (Å²) in [6.07, 6.45) is -0.422. The Labute approximate surface area is 183 Å². The van der Waals surface area contributed by atoms with Gasteiger partial charge in [0.2, 0.25) is 10.0 Å². The summed E-state index contributed by atoms with van der Waals surface area (Å²) >= 11 is 0. The van der Waals surface area contributed by atoms with Gasteiger partial charge in [-0.2, -0.15) is 4.31 Å². The van der Waals surface area contributed by atoms with Gasteiger partial charge < -0.3 is 11.1 Å². The molecule has 0 amide bonds. The van der Waals surface area contributed by atoms with Crippen molar-refractivity contribution in [2.45, 2.75) is 17.6 Å². The minimum Gasteiger partial charge on any atom is -0.366 e. The molecule has 4 aromatic rings. The Morgan fingerprint density at radius 2 is 1.48 bits per heavy atom. The van der Waals surface area contributed by atoms with Gasteiger partial charge >= 0.3 is 0 Å². The van der Waals surface area contributed by atoms with Crippen LogP contribution in [-0.4, -0.2) is 19.8 Å². The molecular formula is C25H25N3O2S. The number of nitrogens with zero attached hydrogens (tertiary/aromatic N) is 1. The molecule has 4 rings (SSSR count).